The molecule has 1 aliphatic rings. The van der Waals surface area contributed by atoms with Crippen LogP contribution in [-0.2, 0) is 23.9 Å². The number of Topliss-reactive ketones (excluding diaryl/α,β-unsaturated/α-hetero) is 3. The molecule has 0 heterocycles. The molecule has 0 fully saturated rings. The number of unbranched alkanes of at least 4 members (excludes halogenated alkanes) is 1. The fourth-order valence-electron chi connectivity index (χ4n) is 4.53. The Morgan fingerprint density at radius 3 is 2.35 bits per heavy atom. The third kappa shape index (κ3) is 12.8. The minimum Gasteiger partial charge on any atom is -0.385 e. The van der Waals surface area contributed by atoms with E-state index in [0.717, 1.165) is 45.1 Å². The molecule has 0 amide bonds. The van der Waals surface area contributed by atoms with Crippen molar-refractivity contribution in [3.05, 3.63) is 23.8 Å². The van der Waals surface area contributed by atoms with Gasteiger partial charge in [0.2, 0.25) is 0 Å². The van der Waals surface area contributed by atoms with Crippen LogP contribution in [0, 0.1) is 17.8 Å². The Hall–Kier alpha value is -1.59. The van der Waals surface area contributed by atoms with Gasteiger partial charge in [-0.2, -0.15) is 0 Å². The maximum absolute atomic E-state index is 13.2. The van der Waals surface area contributed by atoms with Crippen LogP contribution >= 0.6 is 0 Å². The van der Waals surface area contributed by atoms with Crippen LogP contribution in [0.3, 0.4) is 0 Å². The molecular weight excluding hydrogens is 428 g/mol. The summed E-state index contributed by atoms with van der Waals surface area (Å²) >= 11 is 0. The van der Waals surface area contributed by atoms with Crippen molar-refractivity contribution in [2.45, 2.75) is 97.8 Å². The van der Waals surface area contributed by atoms with Gasteiger partial charge in [-0.05, 0) is 44.9 Å². The van der Waals surface area contributed by atoms with Crippen molar-refractivity contribution in [1.82, 2.24) is 0 Å². The molecule has 3 unspecified atom stereocenters. The van der Waals surface area contributed by atoms with Crippen LogP contribution in [0.2, 0.25) is 0 Å². The highest BCUT2D eigenvalue weighted by Crippen LogP contribution is 2.24. The SMILES string of the molecule is CCCCOCCC(CCOC)C(=O)CC(C)C(=O)C(CCC)CC(=O)CCCC1=CC=CC1. The Bertz CT molecular complexity index is 663. The van der Waals surface area contributed by atoms with Crippen molar-refractivity contribution in [1.29, 1.82) is 0 Å². The van der Waals surface area contributed by atoms with Gasteiger partial charge in [-0.1, -0.05) is 57.4 Å². The number of ketones is 3. The monoisotopic (exact) mass is 476 g/mol. The smallest absolute Gasteiger partial charge is 0.139 e. The van der Waals surface area contributed by atoms with Crippen molar-refractivity contribution < 1.29 is 23.9 Å². The quantitative estimate of drug-likeness (QED) is 0.168. The van der Waals surface area contributed by atoms with Gasteiger partial charge in [0.15, 0.2) is 0 Å². The molecule has 0 N–H and O–H groups in total. The van der Waals surface area contributed by atoms with Crippen molar-refractivity contribution in [3.8, 4) is 0 Å². The summed E-state index contributed by atoms with van der Waals surface area (Å²) in [5.74, 6) is -0.449. The maximum atomic E-state index is 13.2. The number of methoxy groups -OCH3 is 1. The summed E-state index contributed by atoms with van der Waals surface area (Å²) in [7, 11) is 1.64. The second-order valence-electron chi connectivity index (χ2n) is 9.75. The average Bonchev–Trinajstić information content (AvgIpc) is 3.33. The van der Waals surface area contributed by atoms with Gasteiger partial charge in [0.25, 0.3) is 0 Å². The van der Waals surface area contributed by atoms with E-state index in [1.807, 2.05) is 13.8 Å². The van der Waals surface area contributed by atoms with Gasteiger partial charge in [0.1, 0.15) is 17.3 Å². The average molecular weight is 477 g/mol. The first-order chi connectivity index (χ1) is 16.4. The summed E-state index contributed by atoms with van der Waals surface area (Å²) in [5.41, 5.74) is 1.37. The predicted molar refractivity (Wildman–Crippen MR) is 138 cm³/mol. The van der Waals surface area contributed by atoms with Gasteiger partial charge in [-0.25, -0.2) is 0 Å². The Kier molecular flexibility index (Phi) is 16.7. The van der Waals surface area contributed by atoms with Gasteiger partial charge in [-0.3, -0.25) is 14.4 Å². The molecule has 0 aromatic carbocycles. The zero-order valence-electron chi connectivity index (χ0n) is 22.1. The van der Waals surface area contributed by atoms with Crippen molar-refractivity contribution in [2.75, 3.05) is 26.9 Å². The van der Waals surface area contributed by atoms with Crippen LogP contribution in [-0.4, -0.2) is 44.3 Å². The van der Waals surface area contributed by atoms with Gasteiger partial charge < -0.3 is 9.47 Å². The summed E-state index contributed by atoms with van der Waals surface area (Å²) < 4.78 is 10.9. The van der Waals surface area contributed by atoms with E-state index >= 15 is 0 Å². The summed E-state index contributed by atoms with van der Waals surface area (Å²) in [6.45, 7) is 7.81. The molecule has 1 aliphatic carbocycles. The standard InChI is InChI=1S/C29H48O5/c1-5-7-18-34-20-17-25(16-19-33-4)28(31)21-23(3)29(32)26(11-6-2)22-27(30)15-10-14-24-12-8-9-13-24/h8-9,12,23,25-26H,5-7,10-11,13-22H2,1-4H3. The third-order valence-electron chi connectivity index (χ3n) is 6.69. The number of ether oxygens (including phenoxy) is 2. The zero-order valence-corrected chi connectivity index (χ0v) is 22.1. The maximum Gasteiger partial charge on any atom is 0.139 e. The molecular formula is C29H48O5. The molecule has 1 rings (SSSR count). The second kappa shape index (κ2) is 18.7. The van der Waals surface area contributed by atoms with Crippen LogP contribution in [0.4, 0.5) is 0 Å². The lowest BCUT2D eigenvalue weighted by Crippen LogP contribution is -2.28. The number of rotatable bonds is 22. The summed E-state index contributed by atoms with van der Waals surface area (Å²) in [4.78, 5) is 38.8. The molecule has 34 heavy (non-hydrogen) atoms. The van der Waals surface area contributed by atoms with Gasteiger partial charge >= 0.3 is 0 Å². The van der Waals surface area contributed by atoms with Crippen LogP contribution in [0.15, 0.2) is 23.8 Å². The summed E-state index contributed by atoms with van der Waals surface area (Å²) in [6.07, 6.45) is 15.2. The second-order valence-corrected chi connectivity index (χ2v) is 9.75. The van der Waals surface area contributed by atoms with Crippen molar-refractivity contribution in [2.24, 2.45) is 17.8 Å². The number of carbonyl (C=O) groups excluding carboxylic acids is 3. The van der Waals surface area contributed by atoms with E-state index in [0.29, 0.717) is 45.3 Å². The molecule has 0 aromatic rings. The van der Waals surface area contributed by atoms with E-state index in [1.165, 1.54) is 5.57 Å². The molecule has 194 valence electrons. The highest BCUT2D eigenvalue weighted by Gasteiger charge is 2.29. The topological polar surface area (TPSA) is 69.7 Å². The first kappa shape index (κ1) is 30.4. The molecule has 5 heteroatoms. The van der Waals surface area contributed by atoms with Crippen LogP contribution in [0.25, 0.3) is 0 Å². The van der Waals surface area contributed by atoms with Crippen molar-refractivity contribution in [3.63, 3.8) is 0 Å². The van der Waals surface area contributed by atoms with Gasteiger partial charge in [0.05, 0.1) is 0 Å². The third-order valence-corrected chi connectivity index (χ3v) is 6.69. The molecule has 0 bridgehead atoms. The molecule has 0 radical (unpaired) electrons. The van der Waals surface area contributed by atoms with E-state index < -0.39 is 0 Å². The first-order valence-electron chi connectivity index (χ1n) is 13.4. The lowest BCUT2D eigenvalue weighted by Gasteiger charge is -2.21. The molecule has 0 spiro atoms. The minimum absolute atomic E-state index is 0.0657. The van der Waals surface area contributed by atoms with Gasteiger partial charge in [0, 0.05) is 63.9 Å². The molecule has 0 saturated heterocycles. The molecule has 0 aliphatic heterocycles. The predicted octanol–water partition coefficient (Wildman–Crippen LogP) is 6.44. The van der Waals surface area contributed by atoms with E-state index in [1.54, 1.807) is 7.11 Å². The van der Waals surface area contributed by atoms with E-state index in [-0.39, 0.29) is 41.5 Å². The van der Waals surface area contributed by atoms with Crippen LogP contribution < -0.4 is 0 Å². The van der Waals surface area contributed by atoms with E-state index in [9.17, 15) is 14.4 Å². The lowest BCUT2D eigenvalue weighted by atomic mass is 9.82. The van der Waals surface area contributed by atoms with E-state index in [4.69, 9.17) is 9.47 Å². The Balaban J connectivity index is 2.54. The Morgan fingerprint density at radius 2 is 1.71 bits per heavy atom. The number of hydrogen-bond donors (Lipinski definition) is 0. The number of allylic oxidation sites excluding steroid dienone is 4. The highest BCUT2D eigenvalue weighted by molar-refractivity contribution is 5.92. The van der Waals surface area contributed by atoms with Crippen LogP contribution in [0.1, 0.15) is 97.8 Å². The minimum atomic E-state index is -0.363. The Labute approximate surface area is 207 Å². The molecule has 0 saturated carbocycles. The normalized spacial score (nSPS) is 15.7. The number of hydrogen-bond acceptors (Lipinski definition) is 5. The molecule has 3 atom stereocenters. The summed E-state index contributed by atoms with van der Waals surface area (Å²) in [5, 5.41) is 0. The Morgan fingerprint density at radius 1 is 0.941 bits per heavy atom. The fourth-order valence-corrected chi connectivity index (χ4v) is 4.53. The van der Waals surface area contributed by atoms with Crippen LogP contribution in [0.5, 0.6) is 0 Å². The zero-order chi connectivity index (χ0) is 25.2. The molecule has 0 aromatic heterocycles. The van der Waals surface area contributed by atoms with E-state index in [2.05, 4.69) is 25.2 Å². The first-order valence-corrected chi connectivity index (χ1v) is 13.4. The lowest BCUT2D eigenvalue weighted by molar-refractivity contribution is -0.134. The largest absolute Gasteiger partial charge is 0.385 e. The number of carbonyl (C=O) groups is 3. The highest BCUT2D eigenvalue weighted by atomic mass is 16.5. The fraction of sp³-hybridized carbons (Fsp3) is 0.759. The van der Waals surface area contributed by atoms with Gasteiger partial charge in [-0.15, -0.1) is 0 Å². The molecule has 5 nitrogen and oxygen atoms in total. The summed E-state index contributed by atoms with van der Waals surface area (Å²) in [6, 6.07) is 0. The van der Waals surface area contributed by atoms with Crippen molar-refractivity contribution >= 4 is 17.3 Å².